The van der Waals surface area contributed by atoms with Crippen LogP contribution in [0.4, 0.5) is 0 Å². The summed E-state index contributed by atoms with van der Waals surface area (Å²) in [4.78, 5) is 15.4. The minimum absolute atomic E-state index is 0.0839. The molecule has 1 aliphatic rings. The van der Waals surface area contributed by atoms with Crippen LogP contribution in [-0.4, -0.2) is 17.6 Å². The van der Waals surface area contributed by atoms with Gasteiger partial charge in [-0.25, -0.2) is 4.79 Å². The molecular formula is C13H13NO2. The van der Waals surface area contributed by atoms with E-state index in [-0.39, 0.29) is 5.92 Å². The normalized spacial score (nSPS) is 17.2. The molecule has 16 heavy (non-hydrogen) atoms. The van der Waals surface area contributed by atoms with Gasteiger partial charge in [0, 0.05) is 12.1 Å². The Morgan fingerprint density at radius 2 is 2.56 bits per heavy atom. The van der Waals surface area contributed by atoms with Gasteiger partial charge in [0.2, 0.25) is 0 Å². The summed E-state index contributed by atoms with van der Waals surface area (Å²) in [6.45, 7) is 2.14. The minimum atomic E-state index is -0.452. The Bertz CT molecular complexity index is 456. The number of aryl methyl sites for hydroxylation is 1. The van der Waals surface area contributed by atoms with E-state index in [1.165, 1.54) is 5.56 Å². The molecule has 0 fully saturated rings. The summed E-state index contributed by atoms with van der Waals surface area (Å²) in [5.41, 5.74) is 2.25. The average molecular weight is 215 g/mol. The second-order valence-corrected chi connectivity index (χ2v) is 3.63. The van der Waals surface area contributed by atoms with E-state index in [4.69, 9.17) is 4.74 Å². The lowest BCUT2D eigenvalue weighted by Gasteiger charge is -2.00. The van der Waals surface area contributed by atoms with E-state index in [1.807, 2.05) is 6.07 Å². The third-order valence-corrected chi connectivity index (χ3v) is 2.58. The second kappa shape index (κ2) is 4.80. The summed E-state index contributed by atoms with van der Waals surface area (Å²) < 4.78 is 4.76. The number of hydrogen-bond acceptors (Lipinski definition) is 3. The number of pyridine rings is 1. The minimum Gasteiger partial charge on any atom is -0.456 e. The molecule has 0 amide bonds. The van der Waals surface area contributed by atoms with Crippen molar-refractivity contribution in [3.05, 3.63) is 29.6 Å². The lowest BCUT2D eigenvalue weighted by molar-refractivity contribution is -0.136. The zero-order chi connectivity index (χ0) is 11.4. The van der Waals surface area contributed by atoms with Gasteiger partial charge in [0.15, 0.2) is 0 Å². The largest absolute Gasteiger partial charge is 0.456 e. The van der Waals surface area contributed by atoms with Crippen molar-refractivity contribution in [2.75, 3.05) is 6.61 Å². The van der Waals surface area contributed by atoms with E-state index in [0.29, 0.717) is 6.61 Å². The maximum Gasteiger partial charge on any atom is 0.384 e. The van der Waals surface area contributed by atoms with Gasteiger partial charge in [-0.15, -0.1) is 0 Å². The number of carbonyl (C=O) groups excluding carboxylic acids is 1. The predicted octanol–water partition coefficient (Wildman–Crippen LogP) is 1.68. The maximum absolute atomic E-state index is 11.1. The fourth-order valence-electron chi connectivity index (χ4n) is 1.87. The molecule has 1 atom stereocenters. The van der Waals surface area contributed by atoms with E-state index in [2.05, 4.69) is 22.9 Å². The number of aromatic nitrogens is 1. The Kier molecular flexibility index (Phi) is 3.21. The molecule has 82 valence electrons. The average Bonchev–Trinajstić information content (AvgIpc) is 2.70. The molecule has 0 saturated heterocycles. The van der Waals surface area contributed by atoms with Gasteiger partial charge in [-0.2, -0.15) is 0 Å². The number of fused-ring (bicyclic) bond motifs is 1. The molecule has 0 aromatic carbocycles. The molecule has 3 nitrogen and oxygen atoms in total. The van der Waals surface area contributed by atoms with E-state index in [1.54, 1.807) is 13.1 Å². The number of hydrogen-bond donors (Lipinski definition) is 0. The van der Waals surface area contributed by atoms with Crippen LogP contribution in [0.5, 0.6) is 0 Å². The van der Waals surface area contributed by atoms with E-state index in [0.717, 1.165) is 18.5 Å². The highest BCUT2D eigenvalue weighted by molar-refractivity contribution is 5.88. The van der Waals surface area contributed by atoms with E-state index in [9.17, 15) is 4.79 Å². The van der Waals surface area contributed by atoms with Crippen LogP contribution in [0.15, 0.2) is 18.3 Å². The van der Waals surface area contributed by atoms with Gasteiger partial charge in [0.1, 0.15) is 0 Å². The molecule has 0 spiro atoms. The molecule has 1 unspecified atom stereocenters. The molecule has 1 aromatic heterocycles. The maximum atomic E-state index is 11.1. The highest BCUT2D eigenvalue weighted by Crippen LogP contribution is 2.30. The van der Waals surface area contributed by atoms with Crippen molar-refractivity contribution in [2.24, 2.45) is 0 Å². The smallest absolute Gasteiger partial charge is 0.384 e. The van der Waals surface area contributed by atoms with Crippen molar-refractivity contribution < 1.29 is 9.53 Å². The molecule has 0 N–H and O–H groups in total. The van der Waals surface area contributed by atoms with Crippen LogP contribution in [0.1, 0.15) is 30.5 Å². The Hall–Kier alpha value is -1.82. The standard InChI is InChI=1S/C13H13NO2/c1-2-16-12(15)8-7-11-6-5-10-4-3-9-14-13(10)11/h3-4,9,11H,2,5-6H2,1H3. The van der Waals surface area contributed by atoms with Gasteiger partial charge in [-0.3, -0.25) is 4.98 Å². The van der Waals surface area contributed by atoms with Gasteiger partial charge >= 0.3 is 5.97 Å². The first-order valence-corrected chi connectivity index (χ1v) is 5.43. The quantitative estimate of drug-likeness (QED) is 0.406. The van der Waals surface area contributed by atoms with Crippen LogP contribution in [0.3, 0.4) is 0 Å². The van der Waals surface area contributed by atoms with Crippen molar-refractivity contribution in [3.8, 4) is 11.8 Å². The van der Waals surface area contributed by atoms with Crippen LogP contribution in [0.25, 0.3) is 0 Å². The van der Waals surface area contributed by atoms with Gasteiger partial charge in [0.05, 0.1) is 18.2 Å². The first kappa shape index (κ1) is 10.7. The highest BCUT2D eigenvalue weighted by atomic mass is 16.5. The monoisotopic (exact) mass is 215 g/mol. The zero-order valence-corrected chi connectivity index (χ0v) is 9.19. The van der Waals surface area contributed by atoms with Crippen molar-refractivity contribution in [2.45, 2.75) is 25.7 Å². The summed E-state index contributed by atoms with van der Waals surface area (Å²) in [5, 5.41) is 0. The molecule has 1 aliphatic carbocycles. The Labute approximate surface area is 94.8 Å². The predicted molar refractivity (Wildman–Crippen MR) is 59.7 cm³/mol. The molecule has 0 radical (unpaired) electrons. The van der Waals surface area contributed by atoms with Crippen LogP contribution < -0.4 is 0 Å². The number of ether oxygens (including phenoxy) is 1. The fourth-order valence-corrected chi connectivity index (χ4v) is 1.87. The van der Waals surface area contributed by atoms with Gasteiger partial charge in [-0.05, 0) is 31.4 Å². The van der Waals surface area contributed by atoms with Crippen molar-refractivity contribution in [3.63, 3.8) is 0 Å². The molecule has 0 bridgehead atoms. The van der Waals surface area contributed by atoms with Crippen LogP contribution in [0.2, 0.25) is 0 Å². The van der Waals surface area contributed by atoms with E-state index >= 15 is 0 Å². The molecule has 0 aliphatic heterocycles. The second-order valence-electron chi connectivity index (χ2n) is 3.63. The summed E-state index contributed by atoms with van der Waals surface area (Å²) in [6.07, 6.45) is 3.70. The first-order valence-electron chi connectivity index (χ1n) is 5.43. The summed E-state index contributed by atoms with van der Waals surface area (Å²) in [7, 11) is 0. The molecular weight excluding hydrogens is 202 g/mol. The molecule has 0 saturated carbocycles. The number of esters is 1. The summed E-state index contributed by atoms with van der Waals surface area (Å²) >= 11 is 0. The SMILES string of the molecule is CCOC(=O)C#CC1CCc2cccnc21. The Balaban J connectivity index is 2.11. The van der Waals surface area contributed by atoms with Crippen molar-refractivity contribution in [1.82, 2.24) is 4.98 Å². The summed E-state index contributed by atoms with van der Waals surface area (Å²) in [6, 6.07) is 3.99. The fraction of sp³-hybridized carbons (Fsp3) is 0.385. The number of nitrogens with zero attached hydrogens (tertiary/aromatic N) is 1. The van der Waals surface area contributed by atoms with Gasteiger partial charge in [-0.1, -0.05) is 12.0 Å². The van der Waals surface area contributed by atoms with E-state index < -0.39 is 5.97 Å². The Morgan fingerprint density at radius 3 is 3.38 bits per heavy atom. The van der Waals surface area contributed by atoms with Crippen LogP contribution in [-0.2, 0) is 16.0 Å². The number of rotatable bonds is 1. The van der Waals surface area contributed by atoms with Crippen molar-refractivity contribution in [1.29, 1.82) is 0 Å². The molecule has 1 heterocycles. The third kappa shape index (κ3) is 2.22. The topological polar surface area (TPSA) is 39.2 Å². The third-order valence-electron chi connectivity index (χ3n) is 2.58. The van der Waals surface area contributed by atoms with Crippen molar-refractivity contribution >= 4 is 5.97 Å². The number of carbonyl (C=O) groups is 1. The molecule has 3 heteroatoms. The highest BCUT2D eigenvalue weighted by Gasteiger charge is 2.21. The zero-order valence-electron chi connectivity index (χ0n) is 9.19. The van der Waals surface area contributed by atoms with Gasteiger partial charge in [0.25, 0.3) is 0 Å². The van der Waals surface area contributed by atoms with Gasteiger partial charge < -0.3 is 4.74 Å². The molecule has 1 aromatic rings. The Morgan fingerprint density at radius 1 is 1.69 bits per heavy atom. The summed E-state index contributed by atoms with van der Waals surface area (Å²) in [5.74, 6) is 5.08. The van der Waals surface area contributed by atoms with Crippen LogP contribution in [0, 0.1) is 11.8 Å². The lowest BCUT2D eigenvalue weighted by Crippen LogP contribution is -2.01. The molecule has 2 rings (SSSR count). The first-order chi connectivity index (χ1) is 7.81. The lowest BCUT2D eigenvalue weighted by atomic mass is 10.1. The van der Waals surface area contributed by atoms with Crippen LogP contribution >= 0.6 is 0 Å².